The zero-order valence-electron chi connectivity index (χ0n) is 23.7. The van der Waals surface area contributed by atoms with Crippen molar-refractivity contribution in [1.29, 1.82) is 0 Å². The van der Waals surface area contributed by atoms with Crippen molar-refractivity contribution in [2.75, 3.05) is 86.8 Å². The molecule has 3 aliphatic rings. The number of nitrogens with zero attached hydrogens (tertiary/aromatic N) is 8. The third-order valence-corrected chi connectivity index (χ3v) is 7.98. The van der Waals surface area contributed by atoms with Crippen molar-refractivity contribution in [3.05, 3.63) is 24.7 Å². The van der Waals surface area contributed by atoms with E-state index in [1.807, 2.05) is 14.7 Å². The topological polar surface area (TPSA) is 143 Å². The maximum absolute atomic E-state index is 13.9. The quantitative estimate of drug-likeness (QED) is 0.443. The number of piperazine rings is 1. The fraction of sp³-hybridized carbons (Fsp3) is 0.593. The fourth-order valence-corrected chi connectivity index (χ4v) is 5.34. The molecule has 2 saturated heterocycles. The van der Waals surface area contributed by atoms with Crippen LogP contribution < -0.4 is 21.3 Å². The highest BCUT2D eigenvalue weighted by atomic mass is 19.4. The number of hydrogen-bond donors (Lipinski definition) is 2. The second-order valence-corrected chi connectivity index (χ2v) is 11.1. The molecule has 0 aromatic carbocycles. The van der Waals surface area contributed by atoms with Gasteiger partial charge in [0.05, 0.1) is 25.3 Å². The Hall–Kier alpha value is -3.88. The molecule has 4 N–H and O–H groups in total. The molecule has 15 heteroatoms. The zero-order valence-corrected chi connectivity index (χ0v) is 23.7. The molecule has 0 spiro atoms. The minimum absolute atomic E-state index is 0.0267. The van der Waals surface area contributed by atoms with Crippen LogP contribution >= 0.6 is 0 Å². The lowest BCUT2D eigenvalue weighted by atomic mass is 10.2. The average molecular weight is 591 g/mol. The van der Waals surface area contributed by atoms with Crippen LogP contribution in [-0.4, -0.2) is 107 Å². The van der Waals surface area contributed by atoms with Crippen LogP contribution in [0.5, 0.6) is 0 Å². The number of carbonyl (C=O) groups is 1. The molecule has 2 aromatic rings. The number of anilines is 4. The van der Waals surface area contributed by atoms with Crippen LogP contribution in [0.4, 0.5) is 36.4 Å². The highest BCUT2D eigenvalue weighted by molar-refractivity contribution is 5.79. The van der Waals surface area contributed by atoms with Gasteiger partial charge in [0, 0.05) is 63.8 Å². The lowest BCUT2D eigenvalue weighted by Crippen LogP contribution is -2.50. The molecule has 5 rings (SSSR count). The number of aromatic nitrogens is 4. The first-order chi connectivity index (χ1) is 20.0. The van der Waals surface area contributed by atoms with Gasteiger partial charge < -0.3 is 35.8 Å². The molecule has 1 aliphatic carbocycles. The van der Waals surface area contributed by atoms with Crippen molar-refractivity contribution in [3.63, 3.8) is 0 Å². The number of amides is 1. The predicted molar refractivity (Wildman–Crippen MR) is 152 cm³/mol. The highest BCUT2D eigenvalue weighted by Gasteiger charge is 2.37. The Kier molecular flexibility index (Phi) is 8.57. The number of morpholine rings is 1. The molecule has 2 aliphatic heterocycles. The first kappa shape index (κ1) is 29.6. The fourth-order valence-electron chi connectivity index (χ4n) is 5.34. The Balaban J connectivity index is 1.39. The van der Waals surface area contributed by atoms with Crippen molar-refractivity contribution in [3.8, 4) is 11.4 Å². The Morgan fingerprint density at radius 2 is 1.69 bits per heavy atom. The van der Waals surface area contributed by atoms with E-state index >= 15 is 0 Å². The standard InChI is InChI=1S/C27H37F3N10O2/c1-17-11-19(17)12-21(41)38-5-3-37(4-6-38)18(2)15-40(16-27(28,29)30)25-22(31)24(39-7-9-42-10-8-39)35-23(36-25)20-13-33-26(32)34-14-20/h13-14,17,19H,2-12,15-16,31H2,1H3,(H2,32,33,34)/t17-,19?/m1/s1. The molecule has 0 bridgehead atoms. The van der Waals surface area contributed by atoms with Gasteiger partial charge in [-0.2, -0.15) is 13.2 Å². The van der Waals surface area contributed by atoms with Crippen molar-refractivity contribution >= 4 is 29.2 Å². The molecular formula is C27H37F3N10O2. The number of nitrogens with two attached hydrogens (primary N) is 2. The predicted octanol–water partition coefficient (Wildman–Crippen LogP) is 2.01. The lowest BCUT2D eigenvalue weighted by Gasteiger charge is -2.39. The minimum Gasteiger partial charge on any atom is -0.393 e. The maximum Gasteiger partial charge on any atom is 0.405 e. The number of hydrogen-bond acceptors (Lipinski definition) is 11. The Morgan fingerprint density at radius 3 is 2.29 bits per heavy atom. The summed E-state index contributed by atoms with van der Waals surface area (Å²) in [6.07, 6.45) is -0.0749. The van der Waals surface area contributed by atoms with Crippen molar-refractivity contribution in [2.45, 2.75) is 25.9 Å². The van der Waals surface area contributed by atoms with Crippen molar-refractivity contribution < 1.29 is 22.7 Å². The van der Waals surface area contributed by atoms with Gasteiger partial charge in [-0.1, -0.05) is 13.5 Å². The van der Waals surface area contributed by atoms with E-state index in [-0.39, 0.29) is 35.7 Å². The summed E-state index contributed by atoms with van der Waals surface area (Å²) in [4.78, 5) is 36.4. The van der Waals surface area contributed by atoms with E-state index in [4.69, 9.17) is 16.2 Å². The normalized spacial score (nSPS) is 20.9. The summed E-state index contributed by atoms with van der Waals surface area (Å²) in [5.74, 6) is 1.61. The van der Waals surface area contributed by atoms with E-state index in [9.17, 15) is 18.0 Å². The third kappa shape index (κ3) is 7.12. The molecule has 1 saturated carbocycles. The number of ether oxygens (including phenoxy) is 1. The number of carbonyl (C=O) groups excluding carboxylic acids is 1. The summed E-state index contributed by atoms with van der Waals surface area (Å²) in [6.45, 7) is 8.53. The van der Waals surface area contributed by atoms with E-state index in [0.717, 1.165) is 11.3 Å². The first-order valence-electron chi connectivity index (χ1n) is 14.1. The number of rotatable bonds is 9. The Bertz CT molecular complexity index is 1280. The third-order valence-electron chi connectivity index (χ3n) is 7.98. The monoisotopic (exact) mass is 590 g/mol. The summed E-state index contributed by atoms with van der Waals surface area (Å²) in [6, 6.07) is 0. The molecule has 228 valence electrons. The van der Waals surface area contributed by atoms with Gasteiger partial charge in [-0.15, -0.1) is 0 Å². The zero-order chi connectivity index (χ0) is 30.0. The number of halogens is 3. The van der Waals surface area contributed by atoms with Gasteiger partial charge in [-0.3, -0.25) is 4.79 Å². The van der Waals surface area contributed by atoms with Gasteiger partial charge in [0.25, 0.3) is 0 Å². The molecule has 0 radical (unpaired) electrons. The van der Waals surface area contributed by atoms with E-state index in [0.29, 0.717) is 87.8 Å². The lowest BCUT2D eigenvalue weighted by molar-refractivity contribution is -0.133. The SMILES string of the molecule is C=C(CN(CC(F)(F)F)c1nc(-c2cnc(N)nc2)nc(N2CCOCC2)c1N)N1CCN(C(=O)CC2C[C@H]2C)CC1. The van der Waals surface area contributed by atoms with Gasteiger partial charge in [-0.25, -0.2) is 19.9 Å². The van der Waals surface area contributed by atoms with Crippen LogP contribution in [0.3, 0.4) is 0 Å². The molecule has 2 aromatic heterocycles. The van der Waals surface area contributed by atoms with Gasteiger partial charge >= 0.3 is 6.18 Å². The average Bonchev–Trinajstić information content (AvgIpc) is 3.66. The number of nitrogen functional groups attached to an aromatic ring is 2. The van der Waals surface area contributed by atoms with Crippen LogP contribution in [0.25, 0.3) is 11.4 Å². The Labute approximate surface area is 242 Å². The maximum atomic E-state index is 13.9. The smallest absolute Gasteiger partial charge is 0.393 e. The molecule has 2 atom stereocenters. The van der Waals surface area contributed by atoms with Crippen LogP contribution in [0.2, 0.25) is 0 Å². The highest BCUT2D eigenvalue weighted by Crippen LogP contribution is 2.41. The molecule has 1 amide bonds. The minimum atomic E-state index is -4.55. The van der Waals surface area contributed by atoms with Crippen LogP contribution in [-0.2, 0) is 9.53 Å². The van der Waals surface area contributed by atoms with Crippen LogP contribution in [0.1, 0.15) is 19.8 Å². The second kappa shape index (κ2) is 12.2. The summed E-state index contributed by atoms with van der Waals surface area (Å²) >= 11 is 0. The molecule has 42 heavy (non-hydrogen) atoms. The summed E-state index contributed by atoms with van der Waals surface area (Å²) in [5.41, 5.74) is 13.0. The molecule has 12 nitrogen and oxygen atoms in total. The van der Waals surface area contributed by atoms with E-state index in [2.05, 4.69) is 33.4 Å². The summed E-state index contributed by atoms with van der Waals surface area (Å²) < 4.78 is 47.3. The number of alkyl halides is 3. The molecular weight excluding hydrogens is 553 g/mol. The van der Waals surface area contributed by atoms with E-state index < -0.39 is 12.7 Å². The summed E-state index contributed by atoms with van der Waals surface area (Å²) in [5, 5.41) is 0. The van der Waals surface area contributed by atoms with Gasteiger partial charge in [-0.05, 0) is 18.3 Å². The van der Waals surface area contributed by atoms with Gasteiger partial charge in [0.1, 0.15) is 12.2 Å². The molecule has 4 heterocycles. The Morgan fingerprint density at radius 1 is 1.07 bits per heavy atom. The largest absolute Gasteiger partial charge is 0.405 e. The summed E-state index contributed by atoms with van der Waals surface area (Å²) in [7, 11) is 0. The van der Waals surface area contributed by atoms with Gasteiger partial charge in [0.2, 0.25) is 11.9 Å². The van der Waals surface area contributed by atoms with Gasteiger partial charge in [0.15, 0.2) is 17.5 Å². The second-order valence-electron chi connectivity index (χ2n) is 11.1. The van der Waals surface area contributed by atoms with E-state index in [1.165, 1.54) is 12.4 Å². The van der Waals surface area contributed by atoms with Crippen molar-refractivity contribution in [2.24, 2.45) is 11.8 Å². The van der Waals surface area contributed by atoms with Crippen LogP contribution in [0, 0.1) is 11.8 Å². The molecule has 3 fully saturated rings. The van der Waals surface area contributed by atoms with E-state index in [1.54, 1.807) is 0 Å². The first-order valence-corrected chi connectivity index (χ1v) is 14.1. The van der Waals surface area contributed by atoms with Crippen molar-refractivity contribution in [1.82, 2.24) is 29.7 Å². The van der Waals surface area contributed by atoms with Crippen LogP contribution in [0.15, 0.2) is 24.7 Å². The molecule has 1 unspecified atom stereocenters.